The van der Waals surface area contributed by atoms with Gasteiger partial charge in [-0.05, 0) is 62.1 Å². The number of unbranched alkanes of at least 4 members (excludes halogenated alkanes) is 1. The van der Waals surface area contributed by atoms with Gasteiger partial charge in [0.15, 0.2) is 17.3 Å². The van der Waals surface area contributed by atoms with Gasteiger partial charge < -0.3 is 36.3 Å². The Morgan fingerprint density at radius 3 is 1.98 bits per heavy atom. The third-order valence-electron chi connectivity index (χ3n) is 10.5. The van der Waals surface area contributed by atoms with Gasteiger partial charge in [0, 0.05) is 79.8 Å². The number of aromatic nitrogens is 1. The van der Waals surface area contributed by atoms with Crippen LogP contribution in [0.5, 0.6) is 0 Å². The molecule has 330 valence electrons. The standard InChI is InChI=1S/C44H55FN4O12/c1-3-4-12-37(51)27(13-15-40(54)55)21-39(53)36(20-30-24-47-34-11-6-5-10-33(30)34)49-44(61)29(17-26-8-7-9-31(45)18-26)19-32(50)25-48-43(60)28(14-16-41(56)57)22-38(52)35(46-2)23-42(58)59/h5-11,18,24,27-29,35-36,46-47H,3-4,12-17,19-23,25H2,1-2H3,(H,48,60)(H,49,61)(H,54,55)(H,56,57)(H,58,59)/t27-,28-,29-,35-,36+/m1/s1. The first-order valence-corrected chi connectivity index (χ1v) is 20.3. The Hall–Kier alpha value is -6.10. The number of carbonyl (C=O) groups is 9. The molecule has 1 aromatic heterocycles. The quantitative estimate of drug-likeness (QED) is 0.0501. The van der Waals surface area contributed by atoms with Crippen LogP contribution in [0.4, 0.5) is 4.39 Å². The van der Waals surface area contributed by atoms with E-state index in [1.54, 1.807) is 18.3 Å². The van der Waals surface area contributed by atoms with E-state index >= 15 is 0 Å². The molecule has 3 rings (SSSR count). The Bertz CT molecular complexity index is 2050. The van der Waals surface area contributed by atoms with Gasteiger partial charge in [-0.2, -0.15) is 0 Å². The Labute approximate surface area is 352 Å². The van der Waals surface area contributed by atoms with E-state index in [4.69, 9.17) is 5.11 Å². The number of amides is 2. The first-order valence-electron chi connectivity index (χ1n) is 20.3. The molecule has 0 aliphatic carbocycles. The molecule has 0 bridgehead atoms. The van der Waals surface area contributed by atoms with Crippen LogP contribution in [0.3, 0.4) is 0 Å². The molecular weight excluding hydrogens is 795 g/mol. The highest BCUT2D eigenvalue weighted by atomic mass is 19.1. The van der Waals surface area contributed by atoms with E-state index in [9.17, 15) is 57.8 Å². The number of H-pyrrole nitrogens is 1. The molecule has 0 aliphatic heterocycles. The molecule has 0 radical (unpaired) electrons. The maximum atomic E-state index is 14.3. The van der Waals surface area contributed by atoms with Crippen LogP contribution in [0.15, 0.2) is 54.7 Å². The van der Waals surface area contributed by atoms with Crippen LogP contribution in [0.25, 0.3) is 10.9 Å². The first-order chi connectivity index (χ1) is 29.0. The summed E-state index contributed by atoms with van der Waals surface area (Å²) in [6, 6.07) is 10.2. The number of aliphatic carboxylic acids is 3. The average molecular weight is 851 g/mol. The van der Waals surface area contributed by atoms with Crippen molar-refractivity contribution in [3.63, 3.8) is 0 Å². The average Bonchev–Trinajstić information content (AvgIpc) is 3.62. The van der Waals surface area contributed by atoms with Crippen molar-refractivity contribution in [3.8, 4) is 0 Å². The minimum absolute atomic E-state index is 0.0304. The van der Waals surface area contributed by atoms with Crippen molar-refractivity contribution in [1.82, 2.24) is 20.9 Å². The topological polar surface area (TPSA) is 266 Å². The van der Waals surface area contributed by atoms with Crippen molar-refractivity contribution < 1.29 is 62.9 Å². The number of nitrogens with one attached hydrogen (secondary N) is 4. The third-order valence-corrected chi connectivity index (χ3v) is 10.5. The second kappa shape index (κ2) is 24.9. The number of carbonyl (C=O) groups excluding carboxylic acids is 6. The van der Waals surface area contributed by atoms with Crippen molar-refractivity contribution in [2.24, 2.45) is 17.8 Å². The van der Waals surface area contributed by atoms with E-state index in [1.165, 1.54) is 25.2 Å². The summed E-state index contributed by atoms with van der Waals surface area (Å²) in [5.74, 6) is -11.3. The number of hydrogen-bond donors (Lipinski definition) is 7. The Morgan fingerprint density at radius 1 is 0.689 bits per heavy atom. The lowest BCUT2D eigenvalue weighted by Crippen LogP contribution is -2.47. The maximum Gasteiger partial charge on any atom is 0.305 e. The zero-order valence-electron chi connectivity index (χ0n) is 34.4. The number of fused-ring (bicyclic) bond motifs is 1. The predicted octanol–water partition coefficient (Wildman–Crippen LogP) is 3.97. The molecule has 0 fully saturated rings. The maximum absolute atomic E-state index is 14.3. The highest BCUT2D eigenvalue weighted by Crippen LogP contribution is 2.24. The molecule has 7 N–H and O–H groups in total. The smallest absolute Gasteiger partial charge is 0.305 e. The molecule has 5 atom stereocenters. The van der Waals surface area contributed by atoms with Crippen LogP contribution in [-0.2, 0) is 56.0 Å². The number of likely N-dealkylation sites (N-methyl/N-ethyl adjacent to an activating group) is 1. The molecule has 0 saturated heterocycles. The number of halogens is 1. The molecule has 0 aliphatic rings. The van der Waals surface area contributed by atoms with Crippen molar-refractivity contribution >= 4 is 63.8 Å². The molecule has 17 heteroatoms. The summed E-state index contributed by atoms with van der Waals surface area (Å²) < 4.78 is 14.3. The highest BCUT2D eigenvalue weighted by Gasteiger charge is 2.32. The number of aromatic amines is 1. The van der Waals surface area contributed by atoms with E-state index in [0.29, 0.717) is 24.0 Å². The fourth-order valence-electron chi connectivity index (χ4n) is 7.11. The number of para-hydroxylation sites is 1. The second-order valence-electron chi connectivity index (χ2n) is 15.2. The lowest BCUT2D eigenvalue weighted by Gasteiger charge is -2.24. The lowest BCUT2D eigenvalue weighted by atomic mass is 9.86. The van der Waals surface area contributed by atoms with Gasteiger partial charge in [0.2, 0.25) is 11.8 Å². The number of ketones is 4. The van der Waals surface area contributed by atoms with Gasteiger partial charge in [-0.15, -0.1) is 0 Å². The van der Waals surface area contributed by atoms with E-state index in [0.717, 1.165) is 10.9 Å². The molecule has 3 aromatic rings. The minimum Gasteiger partial charge on any atom is -0.481 e. The van der Waals surface area contributed by atoms with Crippen LogP contribution in [0.1, 0.15) is 88.7 Å². The largest absolute Gasteiger partial charge is 0.481 e. The monoisotopic (exact) mass is 850 g/mol. The summed E-state index contributed by atoms with van der Waals surface area (Å²) >= 11 is 0. The predicted molar refractivity (Wildman–Crippen MR) is 220 cm³/mol. The van der Waals surface area contributed by atoms with Gasteiger partial charge in [0.05, 0.1) is 25.0 Å². The van der Waals surface area contributed by atoms with E-state index < -0.39 is 115 Å². The Balaban J connectivity index is 1.89. The zero-order valence-corrected chi connectivity index (χ0v) is 34.4. The van der Waals surface area contributed by atoms with Crippen molar-refractivity contribution in [2.75, 3.05) is 13.6 Å². The van der Waals surface area contributed by atoms with Gasteiger partial charge >= 0.3 is 17.9 Å². The van der Waals surface area contributed by atoms with Crippen molar-refractivity contribution in [3.05, 3.63) is 71.7 Å². The summed E-state index contributed by atoms with van der Waals surface area (Å²) in [7, 11) is 1.36. The molecule has 2 amide bonds. The van der Waals surface area contributed by atoms with Gasteiger partial charge in [0.25, 0.3) is 0 Å². The molecule has 61 heavy (non-hydrogen) atoms. The van der Waals surface area contributed by atoms with Crippen LogP contribution in [-0.4, -0.2) is 98.8 Å². The molecule has 16 nitrogen and oxygen atoms in total. The van der Waals surface area contributed by atoms with Crippen LogP contribution in [0, 0.1) is 23.6 Å². The van der Waals surface area contributed by atoms with Crippen LogP contribution in [0.2, 0.25) is 0 Å². The Morgan fingerprint density at radius 2 is 1.34 bits per heavy atom. The molecule has 1 heterocycles. The fraction of sp³-hybridized carbons (Fsp3) is 0.477. The summed E-state index contributed by atoms with van der Waals surface area (Å²) in [5.41, 5.74) is 1.77. The number of carboxylic acid groups (broad SMARTS) is 3. The molecular formula is C44H55FN4O12. The summed E-state index contributed by atoms with van der Waals surface area (Å²) in [6.45, 7) is 1.25. The number of carboxylic acids is 3. The summed E-state index contributed by atoms with van der Waals surface area (Å²) in [6.07, 6.45) is -0.261. The number of benzene rings is 2. The zero-order chi connectivity index (χ0) is 45.1. The molecule has 2 aromatic carbocycles. The van der Waals surface area contributed by atoms with Crippen LogP contribution >= 0.6 is 0 Å². The lowest BCUT2D eigenvalue weighted by molar-refractivity contribution is -0.140. The van der Waals surface area contributed by atoms with Gasteiger partial charge in [-0.3, -0.25) is 43.2 Å². The summed E-state index contributed by atoms with van der Waals surface area (Å²) in [5, 5.41) is 36.3. The van der Waals surface area contributed by atoms with E-state index in [2.05, 4.69) is 20.9 Å². The normalized spacial score (nSPS) is 13.6. The van der Waals surface area contributed by atoms with Gasteiger partial charge in [-0.25, -0.2) is 4.39 Å². The van der Waals surface area contributed by atoms with Crippen molar-refractivity contribution in [1.29, 1.82) is 0 Å². The SMILES string of the molecule is CCCCC(=O)[C@H](CCC(=O)O)CC(=O)[C@H](Cc1c[nH]c2ccccc12)NC(=O)[C@@H](CC(=O)CNC(=O)[C@H](CCC(=O)O)CC(=O)[C@@H](CC(=O)O)NC)Cc1cccc(F)c1. The Kier molecular flexibility index (Phi) is 20.1. The fourth-order valence-corrected chi connectivity index (χ4v) is 7.11. The van der Waals surface area contributed by atoms with Crippen molar-refractivity contribution in [2.45, 2.75) is 102 Å². The molecule has 0 unspecified atom stereocenters. The molecule has 0 saturated carbocycles. The third kappa shape index (κ3) is 16.8. The second-order valence-corrected chi connectivity index (χ2v) is 15.2. The first kappa shape index (κ1) is 49.3. The van der Waals surface area contributed by atoms with Crippen LogP contribution < -0.4 is 16.0 Å². The van der Waals surface area contributed by atoms with E-state index in [-0.39, 0.29) is 50.7 Å². The van der Waals surface area contributed by atoms with Gasteiger partial charge in [-0.1, -0.05) is 43.7 Å². The highest BCUT2D eigenvalue weighted by molar-refractivity contribution is 5.97. The molecule has 0 spiro atoms. The number of hydrogen-bond acceptors (Lipinski definition) is 10. The van der Waals surface area contributed by atoms with E-state index in [1.807, 2.05) is 25.1 Å². The summed E-state index contributed by atoms with van der Waals surface area (Å²) in [4.78, 5) is 118. The minimum atomic E-state index is -1.27. The number of rotatable bonds is 30. The number of Topliss-reactive ketones (excluding diaryl/α,β-unsaturated/α-hetero) is 4. The van der Waals surface area contributed by atoms with Gasteiger partial charge in [0.1, 0.15) is 11.6 Å².